The predicted octanol–water partition coefficient (Wildman–Crippen LogP) is 0.752. The molecule has 2 heterocycles. The molecule has 28 heavy (non-hydrogen) atoms. The molecule has 0 radical (unpaired) electrons. The van der Waals surface area contributed by atoms with Gasteiger partial charge >= 0.3 is 5.97 Å². The molecule has 1 saturated heterocycles. The molecule has 0 aliphatic carbocycles. The van der Waals surface area contributed by atoms with Crippen molar-refractivity contribution in [2.24, 2.45) is 5.92 Å². The summed E-state index contributed by atoms with van der Waals surface area (Å²) in [6, 6.07) is 5.25. The number of benzene rings is 1. The number of hydrogen-bond acceptors (Lipinski definition) is 6. The van der Waals surface area contributed by atoms with Crippen LogP contribution in [0.3, 0.4) is 0 Å². The van der Waals surface area contributed by atoms with Gasteiger partial charge in [-0.3, -0.25) is 14.4 Å². The Hall–Kier alpha value is -2.32. The summed E-state index contributed by atoms with van der Waals surface area (Å²) in [7, 11) is 1.51. The quantitative estimate of drug-likeness (QED) is 0.666. The number of esters is 1. The lowest BCUT2D eigenvalue weighted by Gasteiger charge is -2.28. The smallest absolute Gasteiger partial charge is 0.313 e. The molecule has 0 bridgehead atoms. The normalized spacial score (nSPS) is 18.6. The minimum Gasteiger partial charge on any atom is -0.492 e. The van der Waals surface area contributed by atoms with Crippen molar-refractivity contribution >= 4 is 29.4 Å². The van der Waals surface area contributed by atoms with Crippen molar-refractivity contribution in [1.82, 2.24) is 9.80 Å². The summed E-state index contributed by atoms with van der Waals surface area (Å²) >= 11 is 5.98. The Labute approximate surface area is 168 Å². The lowest BCUT2D eigenvalue weighted by Crippen LogP contribution is -2.46. The van der Waals surface area contributed by atoms with Crippen LogP contribution in [0, 0.1) is 5.92 Å². The van der Waals surface area contributed by atoms with Crippen LogP contribution in [0.1, 0.15) is 5.56 Å². The molecule has 0 N–H and O–H groups in total. The van der Waals surface area contributed by atoms with E-state index in [0.29, 0.717) is 43.5 Å². The fourth-order valence-electron chi connectivity index (χ4n) is 3.08. The van der Waals surface area contributed by atoms with Crippen molar-refractivity contribution in [2.45, 2.75) is 6.42 Å². The van der Waals surface area contributed by atoms with E-state index in [2.05, 4.69) is 0 Å². The van der Waals surface area contributed by atoms with E-state index in [1.54, 1.807) is 23.1 Å². The molecule has 1 aromatic rings. The highest BCUT2D eigenvalue weighted by Gasteiger charge is 2.28. The average Bonchev–Trinajstić information content (AvgIpc) is 2.71. The van der Waals surface area contributed by atoms with E-state index in [1.807, 2.05) is 0 Å². The molecule has 3 rings (SSSR count). The molecule has 1 fully saturated rings. The zero-order valence-electron chi connectivity index (χ0n) is 15.7. The number of amides is 2. The van der Waals surface area contributed by atoms with Crippen LogP contribution in [-0.2, 0) is 30.3 Å². The summed E-state index contributed by atoms with van der Waals surface area (Å²) in [5.41, 5.74) is 0.834. The van der Waals surface area contributed by atoms with Crippen molar-refractivity contribution in [3.63, 3.8) is 0 Å². The summed E-state index contributed by atoms with van der Waals surface area (Å²) in [4.78, 5) is 39.6. The lowest BCUT2D eigenvalue weighted by atomic mass is 9.97. The Bertz CT molecular complexity index is 750. The number of ether oxygens (including phenoxy) is 3. The minimum atomic E-state index is -0.508. The first kappa shape index (κ1) is 20.4. The van der Waals surface area contributed by atoms with Crippen molar-refractivity contribution in [3.8, 4) is 5.75 Å². The first-order chi connectivity index (χ1) is 13.4. The number of rotatable bonds is 5. The molecule has 2 aliphatic heterocycles. The molecule has 8 nitrogen and oxygen atoms in total. The second-order valence-electron chi connectivity index (χ2n) is 6.81. The topological polar surface area (TPSA) is 85.4 Å². The third kappa shape index (κ3) is 5.14. The highest BCUT2D eigenvalue weighted by molar-refractivity contribution is 6.30. The van der Waals surface area contributed by atoms with Gasteiger partial charge in [0.05, 0.1) is 25.7 Å². The van der Waals surface area contributed by atoms with Gasteiger partial charge in [-0.25, -0.2) is 0 Å². The first-order valence-electron chi connectivity index (χ1n) is 9.11. The summed E-state index contributed by atoms with van der Waals surface area (Å²) in [5, 5.41) is 0.568. The van der Waals surface area contributed by atoms with Gasteiger partial charge in [-0.2, -0.15) is 0 Å². The third-order valence-corrected chi connectivity index (χ3v) is 5.00. The number of carbonyl (C=O) groups excluding carboxylic acids is 3. The van der Waals surface area contributed by atoms with Gasteiger partial charge in [0.1, 0.15) is 12.4 Å². The number of likely N-dealkylation sites (N-methyl/N-ethyl adjacent to an activating group) is 1. The van der Waals surface area contributed by atoms with E-state index in [9.17, 15) is 14.4 Å². The van der Waals surface area contributed by atoms with E-state index in [1.165, 1.54) is 11.9 Å². The third-order valence-electron chi connectivity index (χ3n) is 4.76. The zero-order valence-corrected chi connectivity index (χ0v) is 16.4. The lowest BCUT2D eigenvalue weighted by molar-refractivity contribution is -0.157. The molecule has 0 spiro atoms. The maximum atomic E-state index is 12.3. The first-order valence-corrected chi connectivity index (χ1v) is 9.49. The molecular formula is C19H23ClN2O6. The molecule has 0 unspecified atom stereocenters. The monoisotopic (exact) mass is 410 g/mol. The number of fused-ring (bicyclic) bond motifs is 1. The standard InChI is InChI=1S/C19H23ClN2O6/c1-21(10-17(23)22-4-6-26-7-5-22)18(24)12-28-19(25)14-8-13-9-15(20)2-3-16(13)27-11-14/h2-3,9,14H,4-8,10-12H2,1H3/t14-/m0/s1. The summed E-state index contributed by atoms with van der Waals surface area (Å²) in [6.07, 6.45) is 0.439. The number of halogens is 1. The van der Waals surface area contributed by atoms with Gasteiger partial charge in [0, 0.05) is 25.2 Å². The molecule has 152 valence electrons. The summed E-state index contributed by atoms with van der Waals surface area (Å²) in [6.45, 7) is 1.75. The number of carbonyl (C=O) groups is 3. The number of hydrogen-bond donors (Lipinski definition) is 0. The number of morpholine rings is 1. The molecule has 0 saturated carbocycles. The van der Waals surface area contributed by atoms with Crippen molar-refractivity contribution in [3.05, 3.63) is 28.8 Å². The SMILES string of the molecule is CN(CC(=O)N1CCOCC1)C(=O)COC(=O)[C@@H]1COc2ccc(Cl)cc2C1. The van der Waals surface area contributed by atoms with Gasteiger partial charge in [0.25, 0.3) is 5.91 Å². The Kier molecular flexibility index (Phi) is 6.74. The molecule has 1 atom stereocenters. The second kappa shape index (κ2) is 9.25. The largest absolute Gasteiger partial charge is 0.492 e. The Balaban J connectivity index is 1.44. The van der Waals surface area contributed by atoms with Crippen molar-refractivity contribution < 1.29 is 28.6 Å². The van der Waals surface area contributed by atoms with Crippen LogP contribution in [0.15, 0.2) is 18.2 Å². The van der Waals surface area contributed by atoms with Crippen LogP contribution in [0.4, 0.5) is 0 Å². The highest BCUT2D eigenvalue weighted by atomic mass is 35.5. The van der Waals surface area contributed by atoms with E-state index in [4.69, 9.17) is 25.8 Å². The predicted molar refractivity (Wildman–Crippen MR) is 100 cm³/mol. The van der Waals surface area contributed by atoms with Gasteiger partial charge in [0.2, 0.25) is 5.91 Å². The Morgan fingerprint density at radius 2 is 2.04 bits per heavy atom. The Morgan fingerprint density at radius 3 is 2.79 bits per heavy atom. The van der Waals surface area contributed by atoms with Gasteiger partial charge in [-0.15, -0.1) is 0 Å². The van der Waals surface area contributed by atoms with Gasteiger partial charge < -0.3 is 24.0 Å². The fourth-order valence-corrected chi connectivity index (χ4v) is 3.27. The summed E-state index contributed by atoms with van der Waals surface area (Å²) in [5.74, 6) is -0.897. The van der Waals surface area contributed by atoms with Crippen molar-refractivity contribution in [1.29, 1.82) is 0 Å². The van der Waals surface area contributed by atoms with Crippen LogP contribution >= 0.6 is 11.6 Å². The molecule has 0 aromatic heterocycles. The molecule has 1 aromatic carbocycles. The fraction of sp³-hybridized carbons (Fsp3) is 0.526. The van der Waals surface area contributed by atoms with E-state index in [0.717, 1.165) is 5.56 Å². The van der Waals surface area contributed by atoms with Crippen LogP contribution in [0.5, 0.6) is 5.75 Å². The highest BCUT2D eigenvalue weighted by Crippen LogP contribution is 2.30. The maximum Gasteiger partial charge on any atom is 0.313 e. The van der Waals surface area contributed by atoms with Crippen molar-refractivity contribution in [2.75, 3.05) is 53.1 Å². The van der Waals surface area contributed by atoms with E-state index < -0.39 is 24.4 Å². The maximum absolute atomic E-state index is 12.3. The van der Waals surface area contributed by atoms with Gasteiger partial charge in [0.15, 0.2) is 6.61 Å². The molecule has 9 heteroatoms. The average molecular weight is 411 g/mol. The summed E-state index contributed by atoms with van der Waals surface area (Å²) < 4.78 is 15.9. The van der Waals surface area contributed by atoms with E-state index >= 15 is 0 Å². The number of nitrogens with zero attached hydrogens (tertiary/aromatic N) is 2. The van der Waals surface area contributed by atoms with Crippen LogP contribution in [0.2, 0.25) is 5.02 Å². The Morgan fingerprint density at radius 1 is 1.29 bits per heavy atom. The zero-order chi connectivity index (χ0) is 20.1. The molecule has 2 amide bonds. The van der Waals surface area contributed by atoms with Crippen LogP contribution < -0.4 is 4.74 Å². The van der Waals surface area contributed by atoms with Crippen LogP contribution in [-0.4, -0.2) is 80.7 Å². The molecular weight excluding hydrogens is 388 g/mol. The minimum absolute atomic E-state index is 0.0607. The van der Waals surface area contributed by atoms with Crippen LogP contribution in [0.25, 0.3) is 0 Å². The van der Waals surface area contributed by atoms with Gasteiger partial charge in [-0.1, -0.05) is 11.6 Å². The van der Waals surface area contributed by atoms with Gasteiger partial charge in [-0.05, 0) is 30.2 Å². The molecule has 2 aliphatic rings. The van der Waals surface area contributed by atoms with E-state index in [-0.39, 0.29) is 19.1 Å². The second-order valence-corrected chi connectivity index (χ2v) is 7.25.